The summed E-state index contributed by atoms with van der Waals surface area (Å²) in [6.45, 7) is 10.4. The first-order chi connectivity index (χ1) is 13.5. The first-order valence-electron chi connectivity index (χ1n) is 10.3. The monoisotopic (exact) mass is 385 g/mol. The highest BCUT2D eigenvalue weighted by Gasteiger charge is 2.27. The second kappa shape index (κ2) is 8.67. The predicted molar refractivity (Wildman–Crippen MR) is 111 cm³/mol. The minimum absolute atomic E-state index is 0.0248. The lowest BCUT2D eigenvalue weighted by molar-refractivity contribution is 0.0853. The van der Waals surface area contributed by atoms with Crippen molar-refractivity contribution in [2.24, 2.45) is 0 Å². The SMILES string of the molecule is CCOC(=O)N1CCC(NC(=O)c2c(C)c3cc(CC)ccc3n2CC)CC1. The molecule has 1 aliphatic heterocycles. The number of nitrogens with zero attached hydrogens (tertiary/aromatic N) is 2. The number of hydrogen-bond donors (Lipinski definition) is 1. The topological polar surface area (TPSA) is 63.6 Å². The second-order valence-corrected chi connectivity index (χ2v) is 7.36. The zero-order valence-electron chi connectivity index (χ0n) is 17.4. The van der Waals surface area contributed by atoms with E-state index in [1.807, 2.05) is 13.8 Å². The molecule has 1 N–H and O–H groups in total. The number of benzene rings is 1. The molecule has 0 aliphatic carbocycles. The van der Waals surface area contributed by atoms with Gasteiger partial charge >= 0.3 is 6.09 Å². The molecule has 6 heteroatoms. The highest BCUT2D eigenvalue weighted by molar-refractivity contribution is 6.02. The summed E-state index contributed by atoms with van der Waals surface area (Å²) < 4.78 is 7.17. The van der Waals surface area contributed by atoms with Crippen molar-refractivity contribution < 1.29 is 14.3 Å². The molecule has 2 amide bonds. The third-order valence-electron chi connectivity index (χ3n) is 5.68. The van der Waals surface area contributed by atoms with Gasteiger partial charge in [0.2, 0.25) is 0 Å². The lowest BCUT2D eigenvalue weighted by Gasteiger charge is -2.31. The van der Waals surface area contributed by atoms with Crippen LogP contribution < -0.4 is 5.32 Å². The molecule has 152 valence electrons. The third kappa shape index (κ3) is 3.86. The lowest BCUT2D eigenvalue weighted by Crippen LogP contribution is -2.47. The fraction of sp³-hybridized carbons (Fsp3) is 0.545. The maximum atomic E-state index is 13.1. The number of carbonyl (C=O) groups excluding carboxylic acids is 2. The van der Waals surface area contributed by atoms with E-state index in [2.05, 4.69) is 41.9 Å². The van der Waals surface area contributed by atoms with Gasteiger partial charge in [-0.15, -0.1) is 0 Å². The van der Waals surface area contributed by atoms with E-state index >= 15 is 0 Å². The van der Waals surface area contributed by atoms with Crippen LogP contribution in [0.1, 0.15) is 55.2 Å². The lowest BCUT2D eigenvalue weighted by atomic mass is 10.0. The number of carbonyl (C=O) groups is 2. The Hall–Kier alpha value is -2.50. The quantitative estimate of drug-likeness (QED) is 0.849. The Kier molecular flexibility index (Phi) is 6.27. The Morgan fingerprint density at radius 2 is 1.89 bits per heavy atom. The Morgan fingerprint density at radius 3 is 2.50 bits per heavy atom. The Balaban J connectivity index is 1.75. The molecule has 0 unspecified atom stereocenters. The molecule has 3 rings (SSSR count). The highest BCUT2D eigenvalue weighted by atomic mass is 16.6. The molecule has 0 spiro atoms. The van der Waals surface area contributed by atoms with Gasteiger partial charge in [0.15, 0.2) is 0 Å². The summed E-state index contributed by atoms with van der Waals surface area (Å²) in [5.74, 6) is -0.0248. The van der Waals surface area contributed by atoms with Gasteiger partial charge in [0.25, 0.3) is 5.91 Å². The number of likely N-dealkylation sites (tertiary alicyclic amines) is 1. The van der Waals surface area contributed by atoms with E-state index in [4.69, 9.17) is 4.74 Å². The van der Waals surface area contributed by atoms with E-state index in [9.17, 15) is 9.59 Å². The summed E-state index contributed by atoms with van der Waals surface area (Å²) in [7, 11) is 0. The van der Waals surface area contributed by atoms with E-state index in [1.165, 1.54) is 5.56 Å². The van der Waals surface area contributed by atoms with E-state index in [-0.39, 0.29) is 18.0 Å². The van der Waals surface area contributed by atoms with Crippen molar-refractivity contribution in [3.05, 3.63) is 35.0 Å². The zero-order valence-corrected chi connectivity index (χ0v) is 17.4. The van der Waals surface area contributed by atoms with Crippen LogP contribution in [0.5, 0.6) is 0 Å². The van der Waals surface area contributed by atoms with Crippen LogP contribution in [0.15, 0.2) is 18.2 Å². The molecule has 0 atom stereocenters. The number of amides is 2. The van der Waals surface area contributed by atoms with Gasteiger partial charge in [-0.05, 0) is 63.3 Å². The summed E-state index contributed by atoms with van der Waals surface area (Å²) in [6, 6.07) is 6.54. The number of rotatable bonds is 5. The molecule has 1 aliphatic rings. The van der Waals surface area contributed by atoms with Crippen molar-refractivity contribution in [3.63, 3.8) is 0 Å². The first kappa shape index (κ1) is 20.2. The molecule has 1 fully saturated rings. The number of ether oxygens (including phenoxy) is 1. The Morgan fingerprint density at radius 1 is 1.18 bits per heavy atom. The van der Waals surface area contributed by atoms with Gasteiger partial charge in [-0.25, -0.2) is 4.79 Å². The van der Waals surface area contributed by atoms with Crippen molar-refractivity contribution in [1.82, 2.24) is 14.8 Å². The summed E-state index contributed by atoms with van der Waals surface area (Å²) in [6.07, 6.45) is 2.21. The minimum atomic E-state index is -0.263. The maximum absolute atomic E-state index is 13.1. The maximum Gasteiger partial charge on any atom is 0.409 e. The number of fused-ring (bicyclic) bond motifs is 1. The van der Waals surface area contributed by atoms with Crippen LogP contribution in [0.2, 0.25) is 0 Å². The molecular formula is C22H31N3O3. The van der Waals surface area contributed by atoms with Crippen molar-refractivity contribution in [3.8, 4) is 0 Å². The van der Waals surface area contributed by atoms with Crippen LogP contribution in [-0.4, -0.2) is 47.2 Å². The van der Waals surface area contributed by atoms with Gasteiger partial charge in [0.05, 0.1) is 6.61 Å². The molecular weight excluding hydrogens is 354 g/mol. The van der Waals surface area contributed by atoms with Gasteiger partial charge in [-0.1, -0.05) is 13.0 Å². The number of nitrogens with one attached hydrogen (secondary N) is 1. The number of aromatic nitrogens is 1. The van der Waals surface area contributed by atoms with Crippen LogP contribution in [0.25, 0.3) is 10.9 Å². The molecule has 0 radical (unpaired) electrons. The van der Waals surface area contributed by atoms with Crippen LogP contribution in [0.3, 0.4) is 0 Å². The van der Waals surface area contributed by atoms with E-state index in [0.717, 1.165) is 48.0 Å². The fourth-order valence-electron chi connectivity index (χ4n) is 4.09. The standard InChI is InChI=1S/C22H31N3O3/c1-5-16-8-9-19-18(14-16)15(4)20(25(19)6-2)21(26)23-17-10-12-24(13-11-17)22(27)28-7-3/h8-9,14,17H,5-7,10-13H2,1-4H3,(H,23,26). The number of hydrogen-bond acceptors (Lipinski definition) is 3. The van der Waals surface area contributed by atoms with Crippen molar-refractivity contribution in [2.45, 2.75) is 59.5 Å². The van der Waals surface area contributed by atoms with Crippen LogP contribution in [0, 0.1) is 6.92 Å². The van der Waals surface area contributed by atoms with E-state index in [0.29, 0.717) is 19.7 Å². The summed E-state index contributed by atoms with van der Waals surface area (Å²) in [5, 5.41) is 4.35. The molecule has 2 heterocycles. The van der Waals surface area contributed by atoms with Gasteiger partial charge in [0, 0.05) is 36.6 Å². The third-order valence-corrected chi connectivity index (χ3v) is 5.68. The summed E-state index contributed by atoms with van der Waals surface area (Å²) in [5.41, 5.74) is 4.17. The van der Waals surface area contributed by atoms with Crippen molar-refractivity contribution >= 4 is 22.9 Å². The second-order valence-electron chi connectivity index (χ2n) is 7.36. The largest absolute Gasteiger partial charge is 0.450 e. The molecule has 1 aromatic carbocycles. The normalized spacial score (nSPS) is 15.1. The Bertz CT molecular complexity index is 864. The molecule has 1 aromatic heterocycles. The zero-order chi connectivity index (χ0) is 20.3. The van der Waals surface area contributed by atoms with E-state index < -0.39 is 0 Å². The van der Waals surface area contributed by atoms with Gasteiger partial charge < -0.3 is 19.5 Å². The number of aryl methyl sites for hydroxylation is 3. The average Bonchev–Trinajstić information content (AvgIpc) is 2.99. The summed E-state index contributed by atoms with van der Waals surface area (Å²) >= 11 is 0. The molecule has 0 bridgehead atoms. The predicted octanol–water partition coefficient (Wildman–Crippen LogP) is 3.88. The van der Waals surface area contributed by atoms with Crippen molar-refractivity contribution in [2.75, 3.05) is 19.7 Å². The highest BCUT2D eigenvalue weighted by Crippen LogP contribution is 2.27. The molecule has 6 nitrogen and oxygen atoms in total. The van der Waals surface area contributed by atoms with Crippen LogP contribution >= 0.6 is 0 Å². The molecule has 0 saturated carbocycles. The van der Waals surface area contributed by atoms with Gasteiger partial charge in [0.1, 0.15) is 5.69 Å². The first-order valence-corrected chi connectivity index (χ1v) is 10.3. The number of piperidine rings is 1. The molecule has 28 heavy (non-hydrogen) atoms. The van der Waals surface area contributed by atoms with Crippen molar-refractivity contribution in [1.29, 1.82) is 0 Å². The van der Waals surface area contributed by atoms with Gasteiger partial charge in [-0.2, -0.15) is 0 Å². The molecule has 2 aromatic rings. The minimum Gasteiger partial charge on any atom is -0.450 e. The average molecular weight is 386 g/mol. The summed E-state index contributed by atoms with van der Waals surface area (Å²) in [4.78, 5) is 26.7. The molecule has 1 saturated heterocycles. The van der Waals surface area contributed by atoms with Crippen LogP contribution in [-0.2, 0) is 17.7 Å². The van der Waals surface area contributed by atoms with E-state index in [1.54, 1.807) is 4.90 Å². The van der Waals surface area contributed by atoms with Gasteiger partial charge in [-0.3, -0.25) is 4.79 Å². The Labute approximate surface area is 166 Å². The van der Waals surface area contributed by atoms with Crippen LogP contribution in [0.4, 0.5) is 4.79 Å². The smallest absolute Gasteiger partial charge is 0.409 e. The fourth-order valence-corrected chi connectivity index (χ4v) is 4.09.